The SMILES string of the molecule is CC1=CC=CCc2nsnc21. The summed E-state index contributed by atoms with van der Waals surface area (Å²) in [6, 6.07) is 0. The minimum atomic E-state index is 0.916. The minimum Gasteiger partial charge on any atom is -0.177 e. The number of hydrogen-bond acceptors (Lipinski definition) is 3. The predicted molar refractivity (Wildman–Crippen MR) is 46.4 cm³/mol. The van der Waals surface area contributed by atoms with Crippen LogP contribution in [0.5, 0.6) is 0 Å². The van der Waals surface area contributed by atoms with Crippen LogP contribution in [-0.2, 0) is 6.42 Å². The molecular formula is C8H8N2S. The van der Waals surface area contributed by atoms with Crippen LogP contribution in [0.25, 0.3) is 5.57 Å². The molecule has 3 heteroatoms. The van der Waals surface area contributed by atoms with E-state index >= 15 is 0 Å². The summed E-state index contributed by atoms with van der Waals surface area (Å²) in [5.74, 6) is 0. The van der Waals surface area contributed by atoms with Crippen LogP contribution in [0, 0.1) is 0 Å². The smallest absolute Gasteiger partial charge is 0.103 e. The van der Waals surface area contributed by atoms with Gasteiger partial charge in [-0.1, -0.05) is 18.2 Å². The lowest BCUT2D eigenvalue weighted by atomic mass is 10.2. The van der Waals surface area contributed by atoms with Gasteiger partial charge < -0.3 is 0 Å². The Labute approximate surface area is 69.6 Å². The van der Waals surface area contributed by atoms with Gasteiger partial charge in [0.2, 0.25) is 0 Å². The Morgan fingerprint density at radius 3 is 3.27 bits per heavy atom. The van der Waals surface area contributed by atoms with Gasteiger partial charge in [-0.3, -0.25) is 0 Å². The summed E-state index contributed by atoms with van der Waals surface area (Å²) >= 11 is 1.29. The maximum atomic E-state index is 4.22. The van der Waals surface area contributed by atoms with E-state index in [0.29, 0.717) is 0 Å². The number of allylic oxidation sites excluding steroid dienone is 4. The molecule has 2 rings (SSSR count). The van der Waals surface area contributed by atoms with E-state index < -0.39 is 0 Å². The average Bonchev–Trinajstić information content (AvgIpc) is 2.40. The van der Waals surface area contributed by atoms with Crippen LogP contribution in [0.2, 0.25) is 0 Å². The first-order valence-electron chi connectivity index (χ1n) is 3.53. The van der Waals surface area contributed by atoms with Gasteiger partial charge in [-0.15, -0.1) is 0 Å². The molecular weight excluding hydrogens is 156 g/mol. The van der Waals surface area contributed by atoms with E-state index in [1.54, 1.807) is 0 Å². The topological polar surface area (TPSA) is 25.8 Å². The third-order valence-corrected chi connectivity index (χ3v) is 2.29. The third kappa shape index (κ3) is 1.12. The molecule has 1 aliphatic rings. The van der Waals surface area contributed by atoms with E-state index in [9.17, 15) is 0 Å². The van der Waals surface area contributed by atoms with Gasteiger partial charge in [0.15, 0.2) is 0 Å². The summed E-state index contributed by atoms with van der Waals surface area (Å²) in [7, 11) is 0. The average molecular weight is 164 g/mol. The molecule has 2 nitrogen and oxygen atoms in total. The molecule has 0 amide bonds. The molecule has 0 spiro atoms. The Morgan fingerprint density at radius 1 is 1.45 bits per heavy atom. The first kappa shape index (κ1) is 6.73. The van der Waals surface area contributed by atoms with Crippen molar-refractivity contribution in [2.24, 2.45) is 0 Å². The molecule has 0 fully saturated rings. The quantitative estimate of drug-likeness (QED) is 0.586. The summed E-state index contributed by atoms with van der Waals surface area (Å²) in [4.78, 5) is 0. The molecule has 0 aliphatic heterocycles. The Balaban J connectivity index is 2.56. The van der Waals surface area contributed by atoms with Crippen molar-refractivity contribution in [2.45, 2.75) is 13.3 Å². The highest BCUT2D eigenvalue weighted by Crippen LogP contribution is 2.19. The fourth-order valence-electron chi connectivity index (χ4n) is 1.11. The molecule has 56 valence electrons. The third-order valence-electron chi connectivity index (χ3n) is 1.72. The Bertz CT molecular complexity index is 323. The second kappa shape index (κ2) is 2.58. The van der Waals surface area contributed by atoms with E-state index in [2.05, 4.69) is 33.9 Å². The van der Waals surface area contributed by atoms with Gasteiger partial charge in [-0.05, 0) is 12.5 Å². The van der Waals surface area contributed by atoms with Gasteiger partial charge in [-0.2, -0.15) is 8.75 Å². The normalized spacial score (nSPS) is 15.5. The molecule has 0 unspecified atom stereocenters. The second-order valence-corrected chi connectivity index (χ2v) is 3.07. The standard InChI is InChI=1S/C8H8N2S/c1-6-4-2-3-5-7-8(6)10-11-9-7/h2-4H,5H2,1H3. The van der Waals surface area contributed by atoms with Crippen LogP contribution in [0.1, 0.15) is 18.3 Å². The summed E-state index contributed by atoms with van der Waals surface area (Å²) < 4.78 is 8.43. The number of nitrogens with zero attached hydrogens (tertiary/aromatic N) is 2. The van der Waals surface area contributed by atoms with Gasteiger partial charge >= 0.3 is 0 Å². The zero-order valence-electron chi connectivity index (χ0n) is 6.24. The lowest BCUT2D eigenvalue weighted by molar-refractivity contribution is 1.17. The van der Waals surface area contributed by atoms with E-state index in [1.807, 2.05) is 0 Å². The van der Waals surface area contributed by atoms with Gasteiger partial charge in [-0.25, -0.2) is 0 Å². The maximum absolute atomic E-state index is 4.22. The molecule has 1 heterocycles. The van der Waals surface area contributed by atoms with Gasteiger partial charge in [0, 0.05) is 6.42 Å². The maximum Gasteiger partial charge on any atom is 0.103 e. The van der Waals surface area contributed by atoms with E-state index in [0.717, 1.165) is 17.8 Å². The first-order valence-corrected chi connectivity index (χ1v) is 4.26. The van der Waals surface area contributed by atoms with E-state index in [4.69, 9.17) is 0 Å². The molecule has 0 bridgehead atoms. The van der Waals surface area contributed by atoms with Crippen LogP contribution < -0.4 is 0 Å². The minimum absolute atomic E-state index is 0.916. The van der Waals surface area contributed by atoms with Crippen LogP contribution in [0.4, 0.5) is 0 Å². The largest absolute Gasteiger partial charge is 0.177 e. The number of fused-ring (bicyclic) bond motifs is 1. The number of rotatable bonds is 0. The summed E-state index contributed by atoms with van der Waals surface area (Å²) in [5, 5.41) is 0. The van der Waals surface area contributed by atoms with Crippen LogP contribution in [0.15, 0.2) is 18.2 Å². The fraction of sp³-hybridized carbons (Fsp3) is 0.250. The monoisotopic (exact) mass is 164 g/mol. The summed E-state index contributed by atoms with van der Waals surface area (Å²) in [6.07, 6.45) is 7.16. The molecule has 1 aromatic rings. The number of hydrogen-bond donors (Lipinski definition) is 0. The van der Waals surface area contributed by atoms with Crippen molar-refractivity contribution in [3.8, 4) is 0 Å². The molecule has 11 heavy (non-hydrogen) atoms. The molecule has 0 saturated heterocycles. The molecule has 1 aliphatic carbocycles. The van der Waals surface area contributed by atoms with Gasteiger partial charge in [0.1, 0.15) is 5.69 Å². The van der Waals surface area contributed by atoms with Crippen molar-refractivity contribution in [1.82, 2.24) is 8.75 Å². The highest BCUT2D eigenvalue weighted by molar-refractivity contribution is 6.99. The van der Waals surface area contributed by atoms with Crippen LogP contribution in [-0.4, -0.2) is 8.75 Å². The van der Waals surface area contributed by atoms with Crippen molar-refractivity contribution >= 4 is 17.3 Å². The first-order chi connectivity index (χ1) is 5.38. The van der Waals surface area contributed by atoms with Crippen LogP contribution in [0.3, 0.4) is 0 Å². The molecule has 0 saturated carbocycles. The molecule has 0 N–H and O–H groups in total. The fourth-order valence-corrected chi connectivity index (χ4v) is 1.74. The second-order valence-electron chi connectivity index (χ2n) is 2.54. The van der Waals surface area contributed by atoms with Crippen LogP contribution >= 0.6 is 11.7 Å². The molecule has 1 aromatic heterocycles. The zero-order valence-corrected chi connectivity index (χ0v) is 7.06. The summed E-state index contributed by atoms with van der Waals surface area (Å²) in [6.45, 7) is 2.07. The zero-order chi connectivity index (χ0) is 7.68. The molecule has 0 aromatic carbocycles. The summed E-state index contributed by atoms with van der Waals surface area (Å²) in [5.41, 5.74) is 3.39. The molecule has 0 atom stereocenters. The van der Waals surface area contributed by atoms with Crippen molar-refractivity contribution in [1.29, 1.82) is 0 Å². The van der Waals surface area contributed by atoms with E-state index in [-0.39, 0.29) is 0 Å². The van der Waals surface area contributed by atoms with Crippen molar-refractivity contribution in [2.75, 3.05) is 0 Å². The van der Waals surface area contributed by atoms with Crippen molar-refractivity contribution in [3.63, 3.8) is 0 Å². The van der Waals surface area contributed by atoms with E-state index in [1.165, 1.54) is 17.3 Å². The lowest BCUT2D eigenvalue weighted by Crippen LogP contribution is -1.86. The highest BCUT2D eigenvalue weighted by Gasteiger charge is 2.08. The van der Waals surface area contributed by atoms with Gasteiger partial charge in [0.25, 0.3) is 0 Å². The van der Waals surface area contributed by atoms with Gasteiger partial charge in [0.05, 0.1) is 17.4 Å². The Hall–Kier alpha value is -0.960. The lowest BCUT2D eigenvalue weighted by Gasteiger charge is -1.92. The predicted octanol–water partition coefficient (Wildman–Crippen LogP) is 2.05. The molecule has 0 radical (unpaired) electrons. The number of aromatic nitrogens is 2. The highest BCUT2D eigenvalue weighted by atomic mass is 32.1. The Kier molecular flexibility index (Phi) is 1.58. The van der Waals surface area contributed by atoms with Crippen molar-refractivity contribution in [3.05, 3.63) is 29.6 Å². The Morgan fingerprint density at radius 2 is 2.36 bits per heavy atom. The van der Waals surface area contributed by atoms with Crippen molar-refractivity contribution < 1.29 is 0 Å².